The minimum atomic E-state index is -0.790. The first-order valence-corrected chi connectivity index (χ1v) is 5.92. The summed E-state index contributed by atoms with van der Waals surface area (Å²) in [4.78, 5) is 11.3. The molecule has 1 fully saturated rings. The summed E-state index contributed by atoms with van der Waals surface area (Å²) in [6.45, 7) is 5.61. The number of carboxylic acid groups (broad SMARTS) is 1. The van der Waals surface area contributed by atoms with Gasteiger partial charge < -0.3 is 5.11 Å². The Morgan fingerprint density at radius 1 is 1.41 bits per heavy atom. The summed E-state index contributed by atoms with van der Waals surface area (Å²) < 4.78 is 13.7. The van der Waals surface area contributed by atoms with Gasteiger partial charge in [-0.25, -0.2) is 4.39 Å². The van der Waals surface area contributed by atoms with Gasteiger partial charge in [0.2, 0.25) is 0 Å². The topological polar surface area (TPSA) is 37.3 Å². The van der Waals surface area contributed by atoms with Crippen molar-refractivity contribution in [1.29, 1.82) is 0 Å². The van der Waals surface area contributed by atoms with E-state index in [1.807, 2.05) is 13.8 Å². The molecule has 0 saturated heterocycles. The lowest BCUT2D eigenvalue weighted by molar-refractivity contribution is -0.140. The van der Waals surface area contributed by atoms with Crippen LogP contribution in [0.5, 0.6) is 0 Å². The molecule has 3 heteroatoms. The minimum Gasteiger partial charge on any atom is -0.481 e. The average molecular weight is 236 g/mol. The Morgan fingerprint density at radius 2 is 2.00 bits per heavy atom. The second-order valence-electron chi connectivity index (χ2n) is 5.23. The van der Waals surface area contributed by atoms with Crippen molar-refractivity contribution < 1.29 is 14.3 Å². The zero-order chi connectivity index (χ0) is 12.8. The van der Waals surface area contributed by atoms with Crippen LogP contribution in [0.4, 0.5) is 4.39 Å². The van der Waals surface area contributed by atoms with E-state index in [4.69, 9.17) is 0 Å². The Balaban J connectivity index is 2.55. The van der Waals surface area contributed by atoms with Crippen LogP contribution in [0.1, 0.15) is 49.3 Å². The van der Waals surface area contributed by atoms with Gasteiger partial charge in [-0.3, -0.25) is 4.79 Å². The molecular formula is C14H17FO2. The fraction of sp³-hybridized carbons (Fsp3) is 0.500. The van der Waals surface area contributed by atoms with Crippen LogP contribution in [-0.4, -0.2) is 11.1 Å². The molecule has 0 bridgehead atoms. The second kappa shape index (κ2) is 3.83. The van der Waals surface area contributed by atoms with Crippen molar-refractivity contribution in [2.75, 3.05) is 0 Å². The molecule has 0 spiro atoms. The number of carboxylic acids is 1. The predicted octanol–water partition coefficient (Wildman–Crippen LogP) is 3.37. The Morgan fingerprint density at radius 3 is 2.41 bits per heavy atom. The molecule has 0 heterocycles. The van der Waals surface area contributed by atoms with E-state index < -0.39 is 11.4 Å². The summed E-state index contributed by atoms with van der Waals surface area (Å²) in [7, 11) is 0. The Hall–Kier alpha value is -1.38. The number of aliphatic carboxylic acids is 1. The number of aryl methyl sites for hydroxylation is 1. The lowest BCUT2D eigenvalue weighted by Gasteiger charge is -2.17. The molecule has 0 unspecified atom stereocenters. The molecule has 1 aromatic carbocycles. The van der Waals surface area contributed by atoms with Gasteiger partial charge in [0, 0.05) is 0 Å². The standard InChI is InChI=1S/C14H17FO2/c1-8(2)10-7-11(9(3)6-12(10)15)14(4-5-14)13(16)17/h6-8H,4-5H2,1-3H3,(H,16,17). The maximum atomic E-state index is 13.7. The summed E-state index contributed by atoms with van der Waals surface area (Å²) in [5.74, 6) is -0.955. The summed E-state index contributed by atoms with van der Waals surface area (Å²) in [5.41, 5.74) is 1.39. The van der Waals surface area contributed by atoms with Crippen LogP contribution in [0, 0.1) is 12.7 Å². The summed E-state index contributed by atoms with van der Waals surface area (Å²) >= 11 is 0. The van der Waals surface area contributed by atoms with E-state index in [2.05, 4.69) is 0 Å². The first-order valence-electron chi connectivity index (χ1n) is 5.92. The van der Waals surface area contributed by atoms with Crippen molar-refractivity contribution in [3.05, 3.63) is 34.6 Å². The van der Waals surface area contributed by atoms with E-state index >= 15 is 0 Å². The number of rotatable bonds is 3. The van der Waals surface area contributed by atoms with E-state index in [0.29, 0.717) is 18.4 Å². The van der Waals surface area contributed by atoms with Gasteiger partial charge in [0.1, 0.15) is 5.82 Å². The SMILES string of the molecule is Cc1cc(F)c(C(C)C)cc1C1(C(=O)O)CC1. The summed E-state index contributed by atoms with van der Waals surface area (Å²) in [6, 6.07) is 3.21. The third kappa shape index (κ3) is 1.84. The first-order chi connectivity index (χ1) is 7.88. The van der Waals surface area contributed by atoms with Crippen LogP contribution in [-0.2, 0) is 10.2 Å². The third-order valence-corrected chi connectivity index (χ3v) is 3.64. The lowest BCUT2D eigenvalue weighted by Crippen LogP contribution is -2.21. The average Bonchev–Trinajstić information content (AvgIpc) is 2.97. The molecule has 0 radical (unpaired) electrons. The first kappa shape index (κ1) is 12.1. The molecule has 1 aromatic rings. The van der Waals surface area contributed by atoms with Gasteiger partial charge in [-0.05, 0) is 48.4 Å². The van der Waals surface area contributed by atoms with Crippen LogP contribution in [0.3, 0.4) is 0 Å². The molecule has 0 aromatic heterocycles. The van der Waals surface area contributed by atoms with E-state index in [-0.39, 0.29) is 11.7 Å². The van der Waals surface area contributed by atoms with Crippen molar-refractivity contribution >= 4 is 5.97 Å². The molecule has 2 nitrogen and oxygen atoms in total. The lowest BCUT2D eigenvalue weighted by atomic mass is 9.88. The minimum absolute atomic E-state index is 0.0685. The van der Waals surface area contributed by atoms with Gasteiger partial charge in [-0.1, -0.05) is 19.9 Å². The van der Waals surface area contributed by atoms with E-state index in [0.717, 1.165) is 11.1 Å². The second-order valence-corrected chi connectivity index (χ2v) is 5.23. The molecule has 1 N–H and O–H groups in total. The van der Waals surface area contributed by atoms with Crippen LogP contribution in [0.15, 0.2) is 12.1 Å². The van der Waals surface area contributed by atoms with Crippen molar-refractivity contribution in [3.63, 3.8) is 0 Å². The summed E-state index contributed by atoms with van der Waals surface area (Å²) in [6.07, 6.45) is 1.32. The zero-order valence-electron chi connectivity index (χ0n) is 10.4. The molecule has 1 aliphatic carbocycles. The molecule has 0 atom stereocenters. The van der Waals surface area contributed by atoms with Crippen molar-refractivity contribution in [2.45, 2.75) is 44.9 Å². The smallest absolute Gasteiger partial charge is 0.314 e. The number of hydrogen-bond acceptors (Lipinski definition) is 1. The van der Waals surface area contributed by atoms with E-state index in [9.17, 15) is 14.3 Å². The van der Waals surface area contributed by atoms with Crippen LogP contribution in [0.25, 0.3) is 0 Å². The Bertz CT molecular complexity index is 473. The van der Waals surface area contributed by atoms with Crippen LogP contribution in [0.2, 0.25) is 0 Å². The van der Waals surface area contributed by atoms with Gasteiger partial charge in [0.15, 0.2) is 0 Å². The fourth-order valence-corrected chi connectivity index (χ4v) is 2.37. The predicted molar refractivity (Wildman–Crippen MR) is 63.8 cm³/mol. The van der Waals surface area contributed by atoms with Gasteiger partial charge in [-0.2, -0.15) is 0 Å². The Kier molecular flexibility index (Phi) is 2.72. The number of benzene rings is 1. The number of carbonyl (C=O) groups is 1. The molecule has 17 heavy (non-hydrogen) atoms. The van der Waals surface area contributed by atoms with E-state index in [1.165, 1.54) is 6.07 Å². The zero-order valence-corrected chi connectivity index (χ0v) is 10.4. The van der Waals surface area contributed by atoms with Gasteiger partial charge in [0.05, 0.1) is 5.41 Å². The van der Waals surface area contributed by atoms with Gasteiger partial charge >= 0.3 is 5.97 Å². The molecule has 1 aliphatic rings. The maximum Gasteiger partial charge on any atom is 0.314 e. The summed E-state index contributed by atoms with van der Waals surface area (Å²) in [5, 5.41) is 9.29. The maximum absolute atomic E-state index is 13.7. The van der Waals surface area contributed by atoms with Crippen molar-refractivity contribution in [1.82, 2.24) is 0 Å². The van der Waals surface area contributed by atoms with Crippen LogP contribution < -0.4 is 0 Å². The van der Waals surface area contributed by atoms with Gasteiger partial charge in [0.25, 0.3) is 0 Å². The monoisotopic (exact) mass is 236 g/mol. The normalized spacial score (nSPS) is 17.2. The Labute approximate surface area is 100 Å². The highest BCUT2D eigenvalue weighted by molar-refractivity contribution is 5.85. The van der Waals surface area contributed by atoms with Gasteiger partial charge in [-0.15, -0.1) is 0 Å². The van der Waals surface area contributed by atoms with Crippen molar-refractivity contribution in [3.8, 4) is 0 Å². The van der Waals surface area contributed by atoms with E-state index in [1.54, 1.807) is 13.0 Å². The molecular weight excluding hydrogens is 219 g/mol. The number of hydrogen-bond donors (Lipinski definition) is 1. The highest BCUT2D eigenvalue weighted by Crippen LogP contribution is 2.50. The number of halogens is 1. The van der Waals surface area contributed by atoms with Crippen LogP contribution >= 0.6 is 0 Å². The quantitative estimate of drug-likeness (QED) is 0.873. The molecule has 0 aliphatic heterocycles. The van der Waals surface area contributed by atoms with Crippen molar-refractivity contribution in [2.24, 2.45) is 0 Å². The third-order valence-electron chi connectivity index (χ3n) is 3.64. The largest absolute Gasteiger partial charge is 0.481 e. The highest BCUT2D eigenvalue weighted by Gasteiger charge is 2.52. The fourth-order valence-electron chi connectivity index (χ4n) is 2.37. The highest BCUT2D eigenvalue weighted by atomic mass is 19.1. The molecule has 0 amide bonds. The molecule has 1 saturated carbocycles. The molecule has 92 valence electrons. The molecule has 2 rings (SSSR count).